The smallest absolute Gasteiger partial charge is 0.0161 e. The van der Waals surface area contributed by atoms with Gasteiger partial charge in [-0.15, -0.1) is 0 Å². The Morgan fingerprint density at radius 3 is 2.35 bits per heavy atom. The van der Waals surface area contributed by atoms with Crippen LogP contribution in [0.25, 0.3) is 0 Å². The molecule has 0 aliphatic heterocycles. The third-order valence-electron chi connectivity index (χ3n) is 4.27. The Kier molecular flexibility index (Phi) is 7.65. The van der Waals surface area contributed by atoms with Crippen molar-refractivity contribution in [1.82, 2.24) is 0 Å². The Bertz CT molecular complexity index is 402. The van der Waals surface area contributed by atoms with Gasteiger partial charge in [0, 0.05) is 0 Å². The molecule has 0 radical (unpaired) electrons. The minimum Gasteiger partial charge on any atom is -0.0853 e. The van der Waals surface area contributed by atoms with Gasteiger partial charge in [-0.3, -0.25) is 0 Å². The summed E-state index contributed by atoms with van der Waals surface area (Å²) in [5, 5.41) is 0. The maximum atomic E-state index is 2.44. The van der Waals surface area contributed by atoms with Crippen LogP contribution in [-0.2, 0) is 0 Å². The Hall–Kier alpha value is -1.04. The number of hydrogen-bond acceptors (Lipinski definition) is 0. The molecule has 0 nitrogen and oxygen atoms in total. The summed E-state index contributed by atoms with van der Waals surface area (Å²) in [5.41, 5.74) is 4.46. The van der Waals surface area contributed by atoms with Crippen LogP contribution in [0.3, 0.4) is 0 Å². The van der Waals surface area contributed by atoms with E-state index >= 15 is 0 Å². The minimum absolute atomic E-state index is 0.696. The van der Waals surface area contributed by atoms with Crippen molar-refractivity contribution in [3.05, 3.63) is 47.1 Å². The SMILES string of the molecule is CC1=CC/C=C(\C)CC/C=C(\C)CC[C@H](C(C)C)C=C1. The highest BCUT2D eigenvalue weighted by molar-refractivity contribution is 5.19. The summed E-state index contributed by atoms with van der Waals surface area (Å²) in [6.07, 6.45) is 17.9. The highest BCUT2D eigenvalue weighted by atomic mass is 14.1. The van der Waals surface area contributed by atoms with Crippen LogP contribution in [0.1, 0.15) is 66.7 Å². The lowest BCUT2D eigenvalue weighted by Gasteiger charge is -2.17. The van der Waals surface area contributed by atoms with E-state index in [2.05, 4.69) is 65.0 Å². The monoisotopic (exact) mass is 272 g/mol. The number of hydrogen-bond donors (Lipinski definition) is 0. The van der Waals surface area contributed by atoms with Crippen LogP contribution in [0.2, 0.25) is 0 Å². The zero-order chi connectivity index (χ0) is 15.0. The summed E-state index contributed by atoms with van der Waals surface area (Å²) in [7, 11) is 0. The molecule has 0 heteroatoms. The molecule has 0 heterocycles. The molecule has 0 aromatic carbocycles. The van der Waals surface area contributed by atoms with E-state index in [1.54, 1.807) is 5.57 Å². The maximum absolute atomic E-state index is 2.44. The van der Waals surface area contributed by atoms with E-state index in [1.807, 2.05) is 0 Å². The van der Waals surface area contributed by atoms with Crippen molar-refractivity contribution >= 4 is 0 Å². The predicted octanol–water partition coefficient (Wildman–Crippen LogP) is 6.62. The molecule has 0 saturated heterocycles. The first-order valence-electron chi connectivity index (χ1n) is 8.15. The van der Waals surface area contributed by atoms with Crippen molar-refractivity contribution in [3.63, 3.8) is 0 Å². The highest BCUT2D eigenvalue weighted by Crippen LogP contribution is 2.23. The summed E-state index contributed by atoms with van der Waals surface area (Å²) < 4.78 is 0. The van der Waals surface area contributed by atoms with Gasteiger partial charge < -0.3 is 0 Å². The van der Waals surface area contributed by atoms with E-state index in [1.165, 1.54) is 36.8 Å². The molecule has 1 atom stereocenters. The normalized spacial score (nSPS) is 28.1. The molecule has 0 spiro atoms. The van der Waals surface area contributed by atoms with E-state index in [0.29, 0.717) is 5.92 Å². The molecule has 0 unspecified atom stereocenters. The average molecular weight is 272 g/mol. The highest BCUT2D eigenvalue weighted by Gasteiger charge is 2.09. The first-order chi connectivity index (χ1) is 9.49. The third kappa shape index (κ3) is 6.93. The van der Waals surface area contributed by atoms with Crippen LogP contribution >= 0.6 is 0 Å². The molecule has 1 aliphatic rings. The first kappa shape index (κ1) is 17.0. The predicted molar refractivity (Wildman–Crippen MR) is 91.8 cm³/mol. The molecule has 0 amide bonds. The average Bonchev–Trinajstić information content (AvgIpc) is 2.37. The third-order valence-corrected chi connectivity index (χ3v) is 4.27. The molecule has 0 aromatic rings. The molecular formula is C20H32. The molecule has 1 rings (SSSR count). The molecular weight excluding hydrogens is 240 g/mol. The van der Waals surface area contributed by atoms with Crippen molar-refractivity contribution in [1.29, 1.82) is 0 Å². The van der Waals surface area contributed by atoms with Crippen LogP contribution in [-0.4, -0.2) is 0 Å². The van der Waals surface area contributed by atoms with Crippen LogP contribution in [0.5, 0.6) is 0 Å². The first-order valence-corrected chi connectivity index (χ1v) is 8.15. The summed E-state index contributed by atoms with van der Waals surface area (Å²) in [4.78, 5) is 0. The number of rotatable bonds is 1. The summed E-state index contributed by atoms with van der Waals surface area (Å²) in [6, 6.07) is 0. The van der Waals surface area contributed by atoms with E-state index in [0.717, 1.165) is 12.3 Å². The van der Waals surface area contributed by atoms with Crippen LogP contribution in [0.4, 0.5) is 0 Å². The molecule has 1 aliphatic carbocycles. The van der Waals surface area contributed by atoms with Crippen molar-refractivity contribution in [3.8, 4) is 0 Å². The van der Waals surface area contributed by atoms with Gasteiger partial charge in [-0.2, -0.15) is 0 Å². The van der Waals surface area contributed by atoms with Gasteiger partial charge in [-0.25, -0.2) is 0 Å². The fourth-order valence-corrected chi connectivity index (χ4v) is 2.59. The quantitative estimate of drug-likeness (QED) is 0.471. The van der Waals surface area contributed by atoms with Crippen molar-refractivity contribution in [2.24, 2.45) is 11.8 Å². The lowest BCUT2D eigenvalue weighted by atomic mass is 9.88. The molecule has 0 saturated carbocycles. The zero-order valence-electron chi connectivity index (χ0n) is 14.1. The van der Waals surface area contributed by atoms with Gasteiger partial charge in [-0.1, -0.05) is 60.9 Å². The Labute approximate surface area is 126 Å². The van der Waals surface area contributed by atoms with Gasteiger partial charge in [0.1, 0.15) is 0 Å². The standard InChI is InChI=1S/C20H32/c1-16(2)20-14-12-18(4)10-6-8-17(3)9-7-11-19(5)13-15-20/h8,10-12,14,16,20H,6-7,9,13,15H2,1-5H3/b14-12?,17-8+,18-10?,19-11+/t20-/m1/s1. The minimum atomic E-state index is 0.696. The lowest BCUT2D eigenvalue weighted by molar-refractivity contribution is 0.435. The van der Waals surface area contributed by atoms with Crippen molar-refractivity contribution in [2.45, 2.75) is 66.7 Å². The van der Waals surface area contributed by atoms with E-state index in [9.17, 15) is 0 Å². The molecule has 112 valence electrons. The Balaban J connectivity index is 2.85. The fourth-order valence-electron chi connectivity index (χ4n) is 2.59. The van der Waals surface area contributed by atoms with Gasteiger partial charge in [0.25, 0.3) is 0 Å². The second-order valence-electron chi connectivity index (χ2n) is 6.63. The van der Waals surface area contributed by atoms with Gasteiger partial charge in [0.2, 0.25) is 0 Å². The van der Waals surface area contributed by atoms with Crippen LogP contribution in [0, 0.1) is 11.8 Å². The molecule has 0 aromatic heterocycles. The summed E-state index contributed by atoms with van der Waals surface area (Å²) in [6.45, 7) is 11.4. The van der Waals surface area contributed by atoms with Crippen molar-refractivity contribution < 1.29 is 0 Å². The van der Waals surface area contributed by atoms with Gasteiger partial charge in [0.15, 0.2) is 0 Å². The second kappa shape index (κ2) is 9.00. The maximum Gasteiger partial charge on any atom is -0.0161 e. The summed E-state index contributed by atoms with van der Waals surface area (Å²) >= 11 is 0. The fraction of sp³-hybridized carbons (Fsp3) is 0.600. The van der Waals surface area contributed by atoms with Gasteiger partial charge in [-0.05, 0) is 64.7 Å². The Morgan fingerprint density at radius 1 is 0.950 bits per heavy atom. The molecule has 0 N–H and O–H groups in total. The largest absolute Gasteiger partial charge is 0.0853 e. The van der Waals surface area contributed by atoms with E-state index < -0.39 is 0 Å². The van der Waals surface area contributed by atoms with E-state index in [-0.39, 0.29) is 0 Å². The molecule has 0 fully saturated rings. The van der Waals surface area contributed by atoms with Crippen LogP contribution < -0.4 is 0 Å². The van der Waals surface area contributed by atoms with Gasteiger partial charge >= 0.3 is 0 Å². The lowest BCUT2D eigenvalue weighted by Crippen LogP contribution is -2.05. The molecule has 20 heavy (non-hydrogen) atoms. The second-order valence-corrected chi connectivity index (χ2v) is 6.63. The topological polar surface area (TPSA) is 0 Å². The Morgan fingerprint density at radius 2 is 1.65 bits per heavy atom. The van der Waals surface area contributed by atoms with Gasteiger partial charge in [0.05, 0.1) is 0 Å². The molecule has 0 bridgehead atoms. The van der Waals surface area contributed by atoms with Crippen molar-refractivity contribution in [2.75, 3.05) is 0 Å². The van der Waals surface area contributed by atoms with Crippen LogP contribution in [0.15, 0.2) is 47.1 Å². The number of allylic oxidation sites excluding steroid dienone is 8. The summed E-state index contributed by atoms with van der Waals surface area (Å²) in [5.74, 6) is 1.42. The van der Waals surface area contributed by atoms with E-state index in [4.69, 9.17) is 0 Å². The zero-order valence-corrected chi connectivity index (χ0v) is 14.1.